The molecule has 0 amide bonds. The van der Waals surface area contributed by atoms with Gasteiger partial charge >= 0.3 is 0 Å². The number of thiophene rings is 1. The molecule has 3 aromatic heterocycles. The molecule has 7 nitrogen and oxygen atoms in total. The third kappa shape index (κ3) is 4.66. The van der Waals surface area contributed by atoms with Crippen LogP contribution in [0.25, 0.3) is 10.6 Å². The van der Waals surface area contributed by atoms with Gasteiger partial charge in [0.1, 0.15) is 0 Å². The second-order valence-corrected chi connectivity index (χ2v) is 9.39. The molecule has 0 aliphatic carbocycles. The van der Waals surface area contributed by atoms with Gasteiger partial charge in [0, 0.05) is 37.7 Å². The monoisotopic (exact) mass is 427 g/mol. The molecule has 5 rings (SSSR count). The first kappa shape index (κ1) is 19.9. The van der Waals surface area contributed by atoms with Crippen molar-refractivity contribution in [3.05, 3.63) is 41.0 Å². The van der Waals surface area contributed by atoms with Crippen molar-refractivity contribution >= 4 is 11.3 Å². The minimum Gasteiger partial charge on any atom is -0.381 e. The number of H-pyrrole nitrogens is 1. The van der Waals surface area contributed by atoms with Gasteiger partial charge in [0.15, 0.2) is 5.82 Å². The molecule has 2 aliphatic rings. The third-order valence-electron chi connectivity index (χ3n) is 6.42. The second-order valence-electron chi connectivity index (χ2n) is 8.44. The van der Waals surface area contributed by atoms with Crippen LogP contribution in [0.4, 0.5) is 0 Å². The number of nitrogens with one attached hydrogen (secondary N) is 1. The van der Waals surface area contributed by atoms with E-state index in [9.17, 15) is 0 Å². The predicted molar refractivity (Wildman–Crippen MR) is 115 cm³/mol. The maximum Gasteiger partial charge on any atom is 0.229 e. The van der Waals surface area contributed by atoms with Crippen LogP contribution < -0.4 is 0 Å². The molecule has 160 valence electrons. The molecule has 2 aliphatic heterocycles. The average molecular weight is 428 g/mol. The molecular weight excluding hydrogens is 398 g/mol. The summed E-state index contributed by atoms with van der Waals surface area (Å²) in [5.41, 5.74) is 2.47. The van der Waals surface area contributed by atoms with Gasteiger partial charge in [0.2, 0.25) is 5.89 Å². The zero-order valence-corrected chi connectivity index (χ0v) is 18.1. The molecule has 0 atom stereocenters. The Balaban J connectivity index is 1.08. The Bertz CT molecular complexity index is 908. The maximum atomic E-state index is 5.53. The van der Waals surface area contributed by atoms with Crippen molar-refractivity contribution < 1.29 is 9.26 Å². The van der Waals surface area contributed by atoms with E-state index < -0.39 is 0 Å². The number of piperidine rings is 1. The van der Waals surface area contributed by atoms with Crippen LogP contribution in [0.5, 0.6) is 0 Å². The molecule has 0 radical (unpaired) electrons. The summed E-state index contributed by atoms with van der Waals surface area (Å²) >= 11 is 1.76. The summed E-state index contributed by atoms with van der Waals surface area (Å²) in [7, 11) is 0. The van der Waals surface area contributed by atoms with E-state index in [1.54, 1.807) is 11.3 Å². The van der Waals surface area contributed by atoms with Gasteiger partial charge in [-0.05, 0) is 62.6 Å². The Morgan fingerprint density at radius 2 is 2.03 bits per heavy atom. The van der Waals surface area contributed by atoms with E-state index in [1.807, 2.05) is 6.20 Å². The van der Waals surface area contributed by atoms with E-state index in [4.69, 9.17) is 9.26 Å². The highest BCUT2D eigenvalue weighted by Crippen LogP contribution is 2.29. The van der Waals surface area contributed by atoms with Crippen LogP contribution in [0.15, 0.2) is 28.2 Å². The zero-order chi connectivity index (χ0) is 20.2. The second kappa shape index (κ2) is 9.41. The van der Waals surface area contributed by atoms with Crippen molar-refractivity contribution in [1.82, 2.24) is 25.2 Å². The number of hydrogen-bond donors (Lipinski definition) is 1. The Hall–Kier alpha value is -2.03. The number of nitrogens with zero attached hydrogens (tertiary/aromatic N) is 4. The van der Waals surface area contributed by atoms with Crippen molar-refractivity contribution in [3.63, 3.8) is 0 Å². The van der Waals surface area contributed by atoms with Gasteiger partial charge in [0.05, 0.1) is 16.8 Å². The van der Waals surface area contributed by atoms with Crippen molar-refractivity contribution in [2.24, 2.45) is 5.92 Å². The minimum absolute atomic E-state index is 0.380. The molecule has 0 bridgehead atoms. The molecule has 30 heavy (non-hydrogen) atoms. The highest BCUT2D eigenvalue weighted by atomic mass is 32.1. The number of aromatic nitrogens is 4. The summed E-state index contributed by atoms with van der Waals surface area (Å²) in [6.07, 6.45) is 8.49. The van der Waals surface area contributed by atoms with Crippen molar-refractivity contribution in [1.29, 1.82) is 0 Å². The first-order valence-corrected chi connectivity index (χ1v) is 11.9. The standard InChI is InChI=1S/C22H29N5O2S/c1-2-19(30-13-1)21-18(14-23-25-21)15-27-9-5-16(6-10-27)3-4-20-24-22(29-26-20)17-7-11-28-12-8-17/h1-2,13-14,16-17H,3-12,15H2,(H,23,25). The number of aryl methyl sites for hydroxylation is 1. The summed E-state index contributed by atoms with van der Waals surface area (Å²) in [6.45, 7) is 4.84. The van der Waals surface area contributed by atoms with Gasteiger partial charge in [-0.1, -0.05) is 11.2 Å². The van der Waals surface area contributed by atoms with E-state index in [-0.39, 0.29) is 0 Å². The summed E-state index contributed by atoms with van der Waals surface area (Å²) in [5, 5.41) is 13.8. The van der Waals surface area contributed by atoms with E-state index in [0.29, 0.717) is 5.92 Å². The largest absolute Gasteiger partial charge is 0.381 e. The van der Waals surface area contributed by atoms with Gasteiger partial charge in [0.25, 0.3) is 0 Å². The van der Waals surface area contributed by atoms with Crippen LogP contribution in [0.2, 0.25) is 0 Å². The van der Waals surface area contributed by atoms with E-state index in [1.165, 1.54) is 29.0 Å². The molecule has 0 saturated carbocycles. The van der Waals surface area contributed by atoms with E-state index in [2.05, 4.69) is 42.8 Å². The molecule has 2 fully saturated rings. The van der Waals surface area contributed by atoms with Crippen LogP contribution in [0.3, 0.4) is 0 Å². The molecule has 8 heteroatoms. The third-order valence-corrected chi connectivity index (χ3v) is 7.30. The van der Waals surface area contributed by atoms with Crippen molar-refractivity contribution in [2.45, 2.75) is 51.0 Å². The molecule has 0 unspecified atom stereocenters. The summed E-state index contributed by atoms with van der Waals surface area (Å²) in [6, 6.07) is 4.24. The molecule has 3 aromatic rings. The Kier molecular flexibility index (Phi) is 6.24. The zero-order valence-electron chi connectivity index (χ0n) is 17.3. The summed E-state index contributed by atoms with van der Waals surface area (Å²) in [5.74, 6) is 2.81. The predicted octanol–water partition coefficient (Wildman–Crippen LogP) is 4.26. The van der Waals surface area contributed by atoms with Crippen molar-refractivity contribution in [2.75, 3.05) is 26.3 Å². The lowest BCUT2D eigenvalue weighted by atomic mass is 9.92. The molecule has 1 N–H and O–H groups in total. The van der Waals surface area contributed by atoms with Crippen LogP contribution in [0, 0.1) is 5.92 Å². The number of rotatable bonds is 7. The van der Waals surface area contributed by atoms with Gasteiger partial charge in [-0.25, -0.2) is 0 Å². The number of ether oxygens (including phenoxy) is 1. The lowest BCUT2D eigenvalue weighted by Crippen LogP contribution is -2.33. The average Bonchev–Trinajstić information content (AvgIpc) is 3.55. The maximum absolute atomic E-state index is 5.53. The Morgan fingerprint density at radius 3 is 2.83 bits per heavy atom. The topological polar surface area (TPSA) is 80.1 Å². The Morgan fingerprint density at radius 1 is 1.17 bits per heavy atom. The van der Waals surface area contributed by atoms with Gasteiger partial charge < -0.3 is 9.26 Å². The quantitative estimate of drug-likeness (QED) is 0.607. The number of aromatic amines is 1. The Labute approximate surface area is 180 Å². The van der Waals surface area contributed by atoms with Crippen molar-refractivity contribution in [3.8, 4) is 10.6 Å². The van der Waals surface area contributed by atoms with Gasteiger partial charge in [-0.3, -0.25) is 10.00 Å². The van der Waals surface area contributed by atoms with Gasteiger partial charge in [-0.15, -0.1) is 11.3 Å². The smallest absolute Gasteiger partial charge is 0.229 e. The fourth-order valence-electron chi connectivity index (χ4n) is 4.55. The number of likely N-dealkylation sites (tertiary alicyclic amines) is 1. The van der Waals surface area contributed by atoms with E-state index in [0.717, 1.165) is 76.2 Å². The fraction of sp³-hybridized carbons (Fsp3) is 0.591. The fourth-order valence-corrected chi connectivity index (χ4v) is 5.31. The van der Waals surface area contributed by atoms with Crippen LogP contribution in [-0.4, -0.2) is 51.5 Å². The first-order valence-electron chi connectivity index (χ1n) is 11.0. The van der Waals surface area contributed by atoms with E-state index >= 15 is 0 Å². The minimum atomic E-state index is 0.380. The molecule has 2 saturated heterocycles. The SMILES string of the molecule is c1csc(-c2[nH]ncc2CN2CCC(CCc3noc(C4CCOCC4)n3)CC2)c1. The number of hydrogen-bond acceptors (Lipinski definition) is 7. The van der Waals surface area contributed by atoms with Crippen LogP contribution in [-0.2, 0) is 17.7 Å². The molecule has 0 aromatic carbocycles. The van der Waals surface area contributed by atoms with Crippen LogP contribution in [0.1, 0.15) is 55.3 Å². The highest BCUT2D eigenvalue weighted by molar-refractivity contribution is 7.13. The first-order chi connectivity index (χ1) is 14.8. The highest BCUT2D eigenvalue weighted by Gasteiger charge is 2.24. The lowest BCUT2D eigenvalue weighted by Gasteiger charge is -2.31. The molecular formula is C22H29N5O2S. The lowest BCUT2D eigenvalue weighted by molar-refractivity contribution is 0.0778. The van der Waals surface area contributed by atoms with Gasteiger partial charge in [-0.2, -0.15) is 10.1 Å². The summed E-state index contributed by atoms with van der Waals surface area (Å²) < 4.78 is 11.0. The normalized spacial score (nSPS) is 19.5. The molecule has 5 heterocycles. The summed E-state index contributed by atoms with van der Waals surface area (Å²) in [4.78, 5) is 8.48. The van der Waals surface area contributed by atoms with Crippen LogP contribution >= 0.6 is 11.3 Å². The molecule has 0 spiro atoms.